The summed E-state index contributed by atoms with van der Waals surface area (Å²) in [5.41, 5.74) is 1.11. The third-order valence-corrected chi connectivity index (χ3v) is 4.53. The van der Waals surface area contributed by atoms with Crippen LogP contribution >= 0.6 is 0 Å². The molecule has 0 amide bonds. The molecule has 1 aliphatic rings. The van der Waals surface area contributed by atoms with Crippen LogP contribution in [0.2, 0.25) is 0 Å². The van der Waals surface area contributed by atoms with Gasteiger partial charge in [0.15, 0.2) is 0 Å². The Hall–Kier alpha value is -1.92. The average Bonchev–Trinajstić information content (AvgIpc) is 2.96. The Kier molecular flexibility index (Phi) is 5.16. The molecular formula is C18H23FN2O3. The van der Waals surface area contributed by atoms with E-state index in [1.807, 2.05) is 6.92 Å². The number of aliphatic hydroxyl groups is 1. The maximum atomic E-state index is 14.1. The molecule has 5 nitrogen and oxygen atoms in total. The highest BCUT2D eigenvalue weighted by atomic mass is 19.1. The largest absolute Gasteiger partial charge is 0.497 e. The van der Waals surface area contributed by atoms with Gasteiger partial charge < -0.3 is 14.3 Å². The van der Waals surface area contributed by atoms with E-state index in [1.165, 1.54) is 13.2 Å². The zero-order valence-electron chi connectivity index (χ0n) is 14.1. The molecule has 3 rings (SSSR count). The van der Waals surface area contributed by atoms with Crippen LogP contribution in [0.1, 0.15) is 24.3 Å². The number of aryl methyl sites for hydroxylation is 1. The molecule has 1 N–H and O–H groups in total. The van der Waals surface area contributed by atoms with Crippen LogP contribution in [-0.2, 0) is 6.54 Å². The van der Waals surface area contributed by atoms with Crippen LogP contribution in [0.4, 0.5) is 4.39 Å². The standard InChI is InChI=1S/C18H23FN2O3/c1-12-17(10-21-7-3-4-13(9-21)11-22)20-18(24-12)15-8-14(23-2)5-6-16(15)19/h5-6,8,13,22H,3-4,7,9-11H2,1-2H3/t13-/m0/s1. The first-order valence-electron chi connectivity index (χ1n) is 8.24. The molecule has 1 saturated heterocycles. The second-order valence-corrected chi connectivity index (χ2v) is 6.29. The number of methoxy groups -OCH3 is 1. The molecule has 0 bridgehead atoms. The summed E-state index contributed by atoms with van der Waals surface area (Å²) in [4.78, 5) is 6.76. The van der Waals surface area contributed by atoms with Gasteiger partial charge in [-0.05, 0) is 50.4 Å². The van der Waals surface area contributed by atoms with E-state index >= 15 is 0 Å². The van der Waals surface area contributed by atoms with E-state index in [0.717, 1.165) is 31.6 Å². The van der Waals surface area contributed by atoms with Gasteiger partial charge in [0.2, 0.25) is 5.89 Å². The van der Waals surface area contributed by atoms with Gasteiger partial charge in [0.25, 0.3) is 0 Å². The number of hydrogen-bond acceptors (Lipinski definition) is 5. The lowest BCUT2D eigenvalue weighted by Gasteiger charge is -2.31. The first-order valence-corrected chi connectivity index (χ1v) is 8.24. The fourth-order valence-corrected chi connectivity index (χ4v) is 3.14. The van der Waals surface area contributed by atoms with Gasteiger partial charge in [-0.15, -0.1) is 0 Å². The Bertz CT molecular complexity index is 702. The molecule has 130 valence electrons. The summed E-state index contributed by atoms with van der Waals surface area (Å²) in [6.45, 7) is 4.54. The number of nitrogens with zero attached hydrogens (tertiary/aromatic N) is 2. The molecule has 24 heavy (non-hydrogen) atoms. The lowest BCUT2D eigenvalue weighted by molar-refractivity contribution is 0.115. The number of rotatable bonds is 5. The number of hydrogen-bond donors (Lipinski definition) is 1. The highest BCUT2D eigenvalue weighted by Crippen LogP contribution is 2.29. The SMILES string of the molecule is COc1ccc(F)c(-c2nc(CN3CCC[C@H](CO)C3)c(C)o2)c1. The third-order valence-electron chi connectivity index (χ3n) is 4.53. The quantitative estimate of drug-likeness (QED) is 0.911. The lowest BCUT2D eigenvalue weighted by Crippen LogP contribution is -2.36. The van der Waals surface area contributed by atoms with Crippen molar-refractivity contribution in [2.75, 3.05) is 26.8 Å². The summed E-state index contributed by atoms with van der Waals surface area (Å²) in [6.07, 6.45) is 2.13. The predicted molar refractivity (Wildman–Crippen MR) is 88.3 cm³/mol. The highest BCUT2D eigenvalue weighted by Gasteiger charge is 2.22. The van der Waals surface area contributed by atoms with E-state index in [-0.39, 0.29) is 18.3 Å². The van der Waals surface area contributed by atoms with Crippen LogP contribution in [0, 0.1) is 18.7 Å². The summed E-state index contributed by atoms with van der Waals surface area (Å²) >= 11 is 0. The summed E-state index contributed by atoms with van der Waals surface area (Å²) in [5.74, 6) is 1.46. The number of aromatic nitrogens is 1. The van der Waals surface area contributed by atoms with Gasteiger partial charge in [0.05, 0.1) is 18.4 Å². The van der Waals surface area contributed by atoms with Crippen molar-refractivity contribution in [1.82, 2.24) is 9.88 Å². The number of oxazole rings is 1. The lowest BCUT2D eigenvalue weighted by atomic mass is 9.99. The van der Waals surface area contributed by atoms with Gasteiger partial charge in [-0.2, -0.15) is 0 Å². The molecule has 0 unspecified atom stereocenters. The van der Waals surface area contributed by atoms with Crippen molar-refractivity contribution in [1.29, 1.82) is 0 Å². The fourth-order valence-electron chi connectivity index (χ4n) is 3.14. The van der Waals surface area contributed by atoms with Crippen molar-refractivity contribution >= 4 is 0 Å². The van der Waals surface area contributed by atoms with E-state index < -0.39 is 0 Å². The van der Waals surface area contributed by atoms with Gasteiger partial charge >= 0.3 is 0 Å². The maximum absolute atomic E-state index is 14.1. The minimum Gasteiger partial charge on any atom is -0.497 e. The number of piperidine rings is 1. The fraction of sp³-hybridized carbons (Fsp3) is 0.500. The zero-order valence-corrected chi connectivity index (χ0v) is 14.1. The molecule has 0 aliphatic carbocycles. The summed E-state index contributed by atoms with van der Waals surface area (Å²) in [5, 5.41) is 9.35. The van der Waals surface area contributed by atoms with Crippen LogP contribution in [0.25, 0.3) is 11.5 Å². The molecular weight excluding hydrogens is 311 g/mol. The molecule has 1 aromatic carbocycles. The van der Waals surface area contributed by atoms with Crippen LogP contribution in [0.3, 0.4) is 0 Å². The first kappa shape index (κ1) is 16.9. The van der Waals surface area contributed by atoms with Crippen molar-refractivity contribution in [3.63, 3.8) is 0 Å². The Balaban J connectivity index is 1.80. The Morgan fingerprint density at radius 3 is 3.04 bits per heavy atom. The molecule has 1 aliphatic heterocycles. The van der Waals surface area contributed by atoms with Crippen LogP contribution in [0.15, 0.2) is 22.6 Å². The number of halogens is 1. The first-order chi connectivity index (χ1) is 11.6. The van der Waals surface area contributed by atoms with Crippen molar-refractivity contribution in [3.05, 3.63) is 35.5 Å². The molecule has 2 aromatic rings. The summed E-state index contributed by atoms with van der Waals surface area (Å²) in [6, 6.07) is 4.51. The van der Waals surface area contributed by atoms with E-state index in [2.05, 4.69) is 9.88 Å². The molecule has 1 fully saturated rings. The van der Waals surface area contributed by atoms with E-state index in [4.69, 9.17) is 9.15 Å². The Morgan fingerprint density at radius 2 is 2.29 bits per heavy atom. The molecule has 0 spiro atoms. The van der Waals surface area contributed by atoms with Gasteiger partial charge in [-0.25, -0.2) is 9.37 Å². The minimum absolute atomic E-state index is 0.217. The van der Waals surface area contributed by atoms with E-state index in [1.54, 1.807) is 12.1 Å². The number of likely N-dealkylation sites (tertiary alicyclic amines) is 1. The van der Waals surface area contributed by atoms with E-state index in [0.29, 0.717) is 29.5 Å². The second-order valence-electron chi connectivity index (χ2n) is 6.29. The zero-order chi connectivity index (χ0) is 17.1. The smallest absolute Gasteiger partial charge is 0.229 e. The van der Waals surface area contributed by atoms with Gasteiger partial charge in [-0.1, -0.05) is 0 Å². The van der Waals surface area contributed by atoms with Gasteiger partial charge in [-0.3, -0.25) is 4.90 Å². The number of aliphatic hydroxyl groups excluding tert-OH is 1. The predicted octanol–water partition coefficient (Wildman–Crippen LogP) is 3.00. The second kappa shape index (κ2) is 7.32. The normalized spacial score (nSPS) is 18.8. The third kappa shape index (κ3) is 3.60. The monoisotopic (exact) mass is 334 g/mol. The Labute approximate surface area is 141 Å². The molecule has 6 heteroatoms. The van der Waals surface area contributed by atoms with Crippen molar-refractivity contribution in [3.8, 4) is 17.2 Å². The van der Waals surface area contributed by atoms with Crippen molar-refractivity contribution < 1.29 is 18.7 Å². The minimum atomic E-state index is -0.387. The van der Waals surface area contributed by atoms with Crippen LogP contribution in [0.5, 0.6) is 5.75 Å². The van der Waals surface area contributed by atoms with Crippen molar-refractivity contribution in [2.24, 2.45) is 5.92 Å². The molecule has 1 atom stereocenters. The van der Waals surface area contributed by atoms with Crippen LogP contribution in [-0.4, -0.2) is 41.8 Å². The summed E-state index contributed by atoms with van der Waals surface area (Å²) < 4.78 is 24.9. The number of ether oxygens (including phenoxy) is 1. The van der Waals surface area contributed by atoms with Gasteiger partial charge in [0.1, 0.15) is 17.3 Å². The topological polar surface area (TPSA) is 58.7 Å². The van der Waals surface area contributed by atoms with Crippen molar-refractivity contribution in [2.45, 2.75) is 26.3 Å². The summed E-state index contributed by atoms with van der Waals surface area (Å²) in [7, 11) is 1.54. The molecule has 2 heterocycles. The highest BCUT2D eigenvalue weighted by molar-refractivity contribution is 5.57. The average molecular weight is 334 g/mol. The molecule has 0 radical (unpaired) electrons. The maximum Gasteiger partial charge on any atom is 0.229 e. The van der Waals surface area contributed by atoms with Crippen LogP contribution < -0.4 is 4.74 Å². The Morgan fingerprint density at radius 1 is 1.46 bits per heavy atom. The molecule has 0 saturated carbocycles. The van der Waals surface area contributed by atoms with E-state index in [9.17, 15) is 9.50 Å². The van der Waals surface area contributed by atoms with Gasteiger partial charge in [0, 0.05) is 19.7 Å². The molecule has 1 aromatic heterocycles. The number of benzene rings is 1.